The van der Waals surface area contributed by atoms with Crippen molar-refractivity contribution >= 4 is 11.7 Å². The maximum absolute atomic E-state index is 13.7. The number of benzene rings is 1. The van der Waals surface area contributed by atoms with Crippen LogP contribution in [0.15, 0.2) is 35.6 Å². The summed E-state index contributed by atoms with van der Waals surface area (Å²) < 4.78 is 13.7. The number of nitrogens with zero attached hydrogens (tertiary/aromatic N) is 2. The van der Waals surface area contributed by atoms with Crippen molar-refractivity contribution in [1.82, 2.24) is 15.1 Å². The van der Waals surface area contributed by atoms with Crippen LogP contribution in [0.3, 0.4) is 0 Å². The highest BCUT2D eigenvalue weighted by Crippen LogP contribution is 2.37. The van der Waals surface area contributed by atoms with Crippen LogP contribution in [0, 0.1) is 5.82 Å². The van der Waals surface area contributed by atoms with Crippen molar-refractivity contribution in [3.8, 4) is 0 Å². The van der Waals surface area contributed by atoms with Gasteiger partial charge in [-0.3, -0.25) is 14.5 Å². The van der Waals surface area contributed by atoms with Crippen LogP contribution in [-0.2, 0) is 9.59 Å². The number of amides is 1. The van der Waals surface area contributed by atoms with Gasteiger partial charge in [-0.15, -0.1) is 0 Å². The first kappa shape index (κ1) is 17.6. The molecule has 1 aromatic rings. The monoisotopic (exact) mass is 347 g/mol. The third-order valence-electron chi connectivity index (χ3n) is 4.71. The van der Waals surface area contributed by atoms with Crippen LogP contribution < -0.4 is 5.32 Å². The quantitative estimate of drug-likeness (QED) is 0.832. The van der Waals surface area contributed by atoms with Gasteiger partial charge in [0.2, 0.25) is 0 Å². The van der Waals surface area contributed by atoms with Crippen LogP contribution in [0.1, 0.15) is 18.5 Å². The highest BCUT2D eigenvalue weighted by Gasteiger charge is 2.42. The maximum atomic E-state index is 13.7. The molecule has 6 nitrogen and oxygen atoms in total. The number of hydrogen-bond donors (Lipinski definition) is 2. The molecule has 1 aromatic carbocycles. The number of piperazine rings is 1. The molecule has 0 bridgehead atoms. The number of rotatable bonds is 5. The molecule has 0 radical (unpaired) electrons. The molecule has 3 rings (SSSR count). The minimum absolute atomic E-state index is 0.0379. The fourth-order valence-corrected chi connectivity index (χ4v) is 3.45. The third-order valence-corrected chi connectivity index (χ3v) is 4.71. The number of carbonyl (C=O) groups is 2. The molecule has 7 heteroatoms. The molecule has 1 amide bonds. The number of hydrogen-bond acceptors (Lipinski definition) is 5. The molecule has 2 aliphatic rings. The summed E-state index contributed by atoms with van der Waals surface area (Å²) in [5.74, 6) is -1.93. The molecule has 0 saturated carbocycles. The Morgan fingerprint density at radius 2 is 2.04 bits per heavy atom. The second-order valence-electron chi connectivity index (χ2n) is 6.37. The maximum Gasteiger partial charge on any atom is 0.290 e. The number of nitrogens with one attached hydrogen (secondary N) is 1. The normalized spacial score (nSPS) is 21.9. The van der Waals surface area contributed by atoms with Crippen molar-refractivity contribution < 1.29 is 19.1 Å². The molecule has 1 fully saturated rings. The zero-order chi connectivity index (χ0) is 18.0. The van der Waals surface area contributed by atoms with Crippen molar-refractivity contribution in [3.63, 3.8) is 0 Å². The Kier molecular flexibility index (Phi) is 5.15. The van der Waals surface area contributed by atoms with E-state index in [1.165, 1.54) is 30.0 Å². The van der Waals surface area contributed by atoms with E-state index in [1.54, 1.807) is 6.07 Å². The molecule has 1 atom stereocenters. The lowest BCUT2D eigenvalue weighted by atomic mass is 9.96. The summed E-state index contributed by atoms with van der Waals surface area (Å²) >= 11 is 0. The zero-order valence-electron chi connectivity index (χ0n) is 14.2. The summed E-state index contributed by atoms with van der Waals surface area (Å²) in [4.78, 5) is 28.2. The van der Waals surface area contributed by atoms with Gasteiger partial charge in [-0.1, -0.05) is 12.1 Å². The van der Waals surface area contributed by atoms with E-state index in [2.05, 4.69) is 10.2 Å². The Bertz CT molecular complexity index is 713. The lowest BCUT2D eigenvalue weighted by molar-refractivity contribution is -0.129. The average Bonchev–Trinajstić information content (AvgIpc) is 2.85. The highest BCUT2D eigenvalue weighted by molar-refractivity contribution is 6.08. The van der Waals surface area contributed by atoms with Crippen molar-refractivity contribution in [3.05, 3.63) is 47.0 Å². The number of carbonyl (C=O) groups excluding carboxylic acids is 2. The number of halogens is 1. The van der Waals surface area contributed by atoms with Crippen molar-refractivity contribution in [2.75, 3.05) is 39.3 Å². The molecule has 0 aliphatic carbocycles. The summed E-state index contributed by atoms with van der Waals surface area (Å²) in [6.07, 6.45) is 0. The lowest BCUT2D eigenvalue weighted by Gasteiger charge is -2.32. The zero-order valence-corrected chi connectivity index (χ0v) is 14.2. The van der Waals surface area contributed by atoms with Gasteiger partial charge in [0.25, 0.3) is 5.91 Å². The summed E-state index contributed by atoms with van der Waals surface area (Å²) in [6.45, 7) is 5.85. The summed E-state index contributed by atoms with van der Waals surface area (Å²) in [5, 5.41) is 13.5. The van der Waals surface area contributed by atoms with Crippen LogP contribution >= 0.6 is 0 Å². The average molecular weight is 347 g/mol. The van der Waals surface area contributed by atoms with Gasteiger partial charge in [0.15, 0.2) is 11.5 Å². The molecule has 2 N–H and O–H groups in total. The van der Waals surface area contributed by atoms with E-state index in [9.17, 15) is 19.1 Å². The number of aliphatic hydroxyl groups excluding tert-OH is 1. The summed E-state index contributed by atoms with van der Waals surface area (Å²) in [7, 11) is 0. The Morgan fingerprint density at radius 3 is 2.68 bits per heavy atom. The van der Waals surface area contributed by atoms with E-state index in [0.29, 0.717) is 18.7 Å². The molecule has 0 aromatic heterocycles. The first-order valence-electron chi connectivity index (χ1n) is 8.42. The molecule has 1 saturated heterocycles. The Labute approximate surface area is 145 Å². The van der Waals surface area contributed by atoms with Gasteiger partial charge >= 0.3 is 0 Å². The second kappa shape index (κ2) is 7.33. The number of aliphatic hydroxyl groups is 1. The minimum atomic E-state index is -0.747. The van der Waals surface area contributed by atoms with E-state index in [4.69, 9.17) is 0 Å². The van der Waals surface area contributed by atoms with E-state index >= 15 is 0 Å². The van der Waals surface area contributed by atoms with Crippen molar-refractivity contribution in [1.29, 1.82) is 0 Å². The summed E-state index contributed by atoms with van der Waals surface area (Å²) in [5.41, 5.74) is 0.527. The topological polar surface area (TPSA) is 72.9 Å². The van der Waals surface area contributed by atoms with Gasteiger partial charge in [0.05, 0.1) is 11.6 Å². The van der Waals surface area contributed by atoms with Crippen LogP contribution in [0.2, 0.25) is 0 Å². The smallest absolute Gasteiger partial charge is 0.290 e. The molecule has 2 aliphatic heterocycles. The van der Waals surface area contributed by atoms with E-state index < -0.39 is 23.5 Å². The first-order valence-corrected chi connectivity index (χ1v) is 8.42. The largest absolute Gasteiger partial charge is 0.503 e. The number of ketones is 1. The fraction of sp³-hybridized carbons (Fsp3) is 0.444. The van der Waals surface area contributed by atoms with Gasteiger partial charge < -0.3 is 15.3 Å². The minimum Gasteiger partial charge on any atom is -0.503 e. The Morgan fingerprint density at radius 1 is 1.32 bits per heavy atom. The molecule has 2 heterocycles. The fourth-order valence-electron chi connectivity index (χ4n) is 3.45. The van der Waals surface area contributed by atoms with E-state index in [0.717, 1.165) is 26.2 Å². The molecule has 134 valence electrons. The van der Waals surface area contributed by atoms with Crippen LogP contribution in [-0.4, -0.2) is 65.9 Å². The Hall–Kier alpha value is -2.25. The van der Waals surface area contributed by atoms with Gasteiger partial charge in [0, 0.05) is 39.3 Å². The highest BCUT2D eigenvalue weighted by atomic mass is 19.1. The molecular weight excluding hydrogens is 325 g/mol. The molecule has 0 unspecified atom stereocenters. The predicted molar refractivity (Wildman–Crippen MR) is 90.5 cm³/mol. The molecular formula is C18H22FN3O3. The first-order chi connectivity index (χ1) is 12.0. The number of Topliss-reactive ketones (excluding diaryl/α,β-unsaturated/α-hetero) is 1. The van der Waals surface area contributed by atoms with E-state index in [-0.39, 0.29) is 11.4 Å². The van der Waals surface area contributed by atoms with Gasteiger partial charge in [-0.25, -0.2) is 4.39 Å². The molecule has 0 spiro atoms. The lowest BCUT2D eigenvalue weighted by Crippen LogP contribution is -2.47. The third kappa shape index (κ3) is 3.57. The summed E-state index contributed by atoms with van der Waals surface area (Å²) in [6, 6.07) is 5.07. The van der Waals surface area contributed by atoms with Gasteiger partial charge in [-0.2, -0.15) is 0 Å². The van der Waals surface area contributed by atoms with Crippen LogP contribution in [0.5, 0.6) is 0 Å². The predicted octanol–water partition coefficient (Wildman–Crippen LogP) is 1.02. The molecule has 25 heavy (non-hydrogen) atoms. The van der Waals surface area contributed by atoms with Crippen molar-refractivity contribution in [2.24, 2.45) is 0 Å². The van der Waals surface area contributed by atoms with Gasteiger partial charge in [0.1, 0.15) is 5.82 Å². The van der Waals surface area contributed by atoms with Gasteiger partial charge in [-0.05, 0) is 24.6 Å². The second-order valence-corrected chi connectivity index (χ2v) is 6.37. The van der Waals surface area contributed by atoms with Crippen LogP contribution in [0.25, 0.3) is 0 Å². The van der Waals surface area contributed by atoms with Crippen molar-refractivity contribution in [2.45, 2.75) is 13.0 Å². The van der Waals surface area contributed by atoms with E-state index in [1.807, 2.05) is 0 Å². The standard InChI is InChI=1S/C18H22FN3O3/c1-12(23)15-16(13-3-2-4-14(19)11-13)22(18(25)17(15)24)10-9-21-7-5-20-6-8-21/h2-4,11,16,20,24H,5-10H2,1H3/t16-/m0/s1. The Balaban J connectivity index is 1.87. The SMILES string of the molecule is CC(=O)C1=C(O)C(=O)N(CCN2CCNCC2)[C@H]1c1cccc(F)c1. The van der Waals surface area contributed by atoms with Crippen LogP contribution in [0.4, 0.5) is 4.39 Å².